The van der Waals surface area contributed by atoms with Crippen molar-refractivity contribution < 1.29 is 4.52 Å². The lowest BCUT2D eigenvalue weighted by Crippen LogP contribution is -2.46. The van der Waals surface area contributed by atoms with Crippen LogP contribution in [0.25, 0.3) is 0 Å². The number of pyridine rings is 1. The van der Waals surface area contributed by atoms with Crippen molar-refractivity contribution in [3.05, 3.63) is 40.9 Å². The molecule has 0 unspecified atom stereocenters. The van der Waals surface area contributed by atoms with Crippen molar-refractivity contribution in [2.24, 2.45) is 4.99 Å². The number of aryl methyl sites for hydroxylation is 2. The first kappa shape index (κ1) is 25.4. The maximum atomic E-state index is 5.45. The van der Waals surface area contributed by atoms with E-state index in [1.807, 2.05) is 6.20 Å². The Balaban J connectivity index is 0.00000341. The van der Waals surface area contributed by atoms with Gasteiger partial charge in [0.25, 0.3) is 0 Å². The molecule has 9 heteroatoms. The maximum absolute atomic E-state index is 5.45. The van der Waals surface area contributed by atoms with Crippen LogP contribution in [-0.4, -0.2) is 60.8 Å². The van der Waals surface area contributed by atoms with Crippen LogP contribution in [0.1, 0.15) is 43.4 Å². The van der Waals surface area contributed by atoms with Crippen LogP contribution in [0.5, 0.6) is 0 Å². The van der Waals surface area contributed by atoms with Gasteiger partial charge in [0.2, 0.25) is 0 Å². The molecule has 172 valence electrons. The zero-order chi connectivity index (χ0) is 21.3. The Morgan fingerprint density at radius 3 is 2.48 bits per heavy atom. The molecule has 0 aliphatic carbocycles. The number of nitrogens with one attached hydrogen (secondary N) is 2. The lowest BCUT2D eigenvalue weighted by Gasteiger charge is -2.34. The molecule has 0 amide bonds. The molecule has 1 fully saturated rings. The average Bonchev–Trinajstić information content (AvgIpc) is 3.21. The van der Waals surface area contributed by atoms with Crippen LogP contribution in [0.4, 0.5) is 5.82 Å². The molecule has 1 aliphatic rings. The number of piperazine rings is 1. The molecule has 31 heavy (non-hydrogen) atoms. The maximum Gasteiger partial charge on any atom is 0.191 e. The lowest BCUT2D eigenvalue weighted by molar-refractivity contribution is 0.270. The van der Waals surface area contributed by atoms with E-state index in [-0.39, 0.29) is 24.0 Å². The summed E-state index contributed by atoms with van der Waals surface area (Å²) in [6.07, 6.45) is 3.59. The highest BCUT2D eigenvalue weighted by atomic mass is 127. The molecule has 2 aromatic rings. The fraction of sp³-hybridized carbons (Fsp3) is 0.591. The van der Waals surface area contributed by atoms with E-state index in [1.54, 1.807) is 7.05 Å². The van der Waals surface area contributed by atoms with E-state index in [0.717, 1.165) is 74.4 Å². The summed E-state index contributed by atoms with van der Waals surface area (Å²) in [6, 6.07) is 4.22. The molecule has 1 saturated heterocycles. The van der Waals surface area contributed by atoms with Crippen LogP contribution in [0.2, 0.25) is 0 Å². The van der Waals surface area contributed by atoms with Crippen molar-refractivity contribution in [2.75, 3.05) is 44.7 Å². The predicted octanol–water partition coefficient (Wildman–Crippen LogP) is 2.82. The zero-order valence-electron chi connectivity index (χ0n) is 19.1. The average molecular weight is 541 g/mol. The first-order valence-corrected chi connectivity index (χ1v) is 11.0. The van der Waals surface area contributed by atoms with Gasteiger partial charge in [-0.25, -0.2) is 4.98 Å². The van der Waals surface area contributed by atoms with Gasteiger partial charge in [-0.2, -0.15) is 0 Å². The zero-order valence-corrected chi connectivity index (χ0v) is 21.5. The summed E-state index contributed by atoms with van der Waals surface area (Å²) in [5.41, 5.74) is 3.34. The van der Waals surface area contributed by atoms with Gasteiger partial charge in [-0.15, -0.1) is 24.0 Å². The van der Waals surface area contributed by atoms with E-state index in [2.05, 4.69) is 68.5 Å². The van der Waals surface area contributed by atoms with Crippen LogP contribution in [0.15, 0.2) is 27.8 Å². The SMILES string of the molecule is CCc1noc(CC)c1CNC(=NC)NCc1ccnc(N2CCN(CC)CC2)c1.I. The van der Waals surface area contributed by atoms with E-state index in [4.69, 9.17) is 4.52 Å². The quantitative estimate of drug-likeness (QED) is 0.302. The first-order valence-electron chi connectivity index (χ1n) is 11.0. The van der Waals surface area contributed by atoms with Gasteiger partial charge in [0.05, 0.1) is 5.69 Å². The largest absolute Gasteiger partial charge is 0.361 e. The number of hydrogen-bond donors (Lipinski definition) is 2. The Morgan fingerprint density at radius 1 is 1.10 bits per heavy atom. The minimum Gasteiger partial charge on any atom is -0.361 e. The highest BCUT2D eigenvalue weighted by Gasteiger charge is 2.17. The number of aromatic nitrogens is 2. The Hall–Kier alpha value is -1.88. The summed E-state index contributed by atoms with van der Waals surface area (Å²) in [7, 11) is 1.79. The molecule has 8 nitrogen and oxygen atoms in total. The van der Waals surface area contributed by atoms with E-state index < -0.39 is 0 Å². The minimum atomic E-state index is 0. The Kier molecular flexibility index (Phi) is 10.5. The molecule has 3 heterocycles. The highest BCUT2D eigenvalue weighted by molar-refractivity contribution is 14.0. The van der Waals surface area contributed by atoms with Crippen LogP contribution in [-0.2, 0) is 25.9 Å². The summed E-state index contributed by atoms with van der Waals surface area (Å²) in [5.74, 6) is 2.75. The second kappa shape index (κ2) is 12.8. The van der Waals surface area contributed by atoms with Gasteiger partial charge in [-0.1, -0.05) is 25.9 Å². The number of hydrogen-bond acceptors (Lipinski definition) is 6. The Labute approximate surface area is 202 Å². The van der Waals surface area contributed by atoms with E-state index in [9.17, 15) is 0 Å². The normalized spacial score (nSPS) is 15.0. The second-order valence-corrected chi connectivity index (χ2v) is 7.46. The first-order chi connectivity index (χ1) is 14.7. The summed E-state index contributed by atoms with van der Waals surface area (Å²) in [4.78, 5) is 13.8. The van der Waals surface area contributed by atoms with E-state index in [0.29, 0.717) is 13.1 Å². The highest BCUT2D eigenvalue weighted by Crippen LogP contribution is 2.16. The van der Waals surface area contributed by atoms with Crippen molar-refractivity contribution in [3.8, 4) is 0 Å². The van der Waals surface area contributed by atoms with Gasteiger partial charge in [0.15, 0.2) is 5.96 Å². The molecular weight excluding hydrogens is 505 g/mol. The number of halogens is 1. The molecule has 0 bridgehead atoms. The van der Waals surface area contributed by atoms with Crippen LogP contribution in [0.3, 0.4) is 0 Å². The molecule has 0 radical (unpaired) electrons. The van der Waals surface area contributed by atoms with Crippen molar-refractivity contribution in [2.45, 2.75) is 46.7 Å². The summed E-state index contributed by atoms with van der Waals surface area (Å²) in [6.45, 7) is 13.1. The Bertz CT molecular complexity index is 810. The Morgan fingerprint density at radius 2 is 1.84 bits per heavy atom. The number of rotatable bonds is 8. The molecule has 0 atom stereocenters. The fourth-order valence-corrected chi connectivity index (χ4v) is 3.75. The van der Waals surface area contributed by atoms with Crippen molar-refractivity contribution in [3.63, 3.8) is 0 Å². The number of nitrogens with zero attached hydrogens (tertiary/aromatic N) is 5. The molecule has 1 aliphatic heterocycles. The van der Waals surface area contributed by atoms with Crippen molar-refractivity contribution in [1.29, 1.82) is 0 Å². The number of anilines is 1. The van der Waals surface area contributed by atoms with Gasteiger partial charge in [-0.3, -0.25) is 4.99 Å². The summed E-state index contributed by atoms with van der Waals surface area (Å²) < 4.78 is 5.45. The number of guanidine groups is 1. The smallest absolute Gasteiger partial charge is 0.191 e. The minimum absolute atomic E-state index is 0. The molecule has 3 rings (SSSR count). The molecule has 2 aromatic heterocycles. The van der Waals surface area contributed by atoms with Gasteiger partial charge in [0, 0.05) is 64.5 Å². The van der Waals surface area contributed by atoms with Crippen LogP contribution >= 0.6 is 24.0 Å². The van der Waals surface area contributed by atoms with E-state index in [1.165, 1.54) is 5.56 Å². The monoisotopic (exact) mass is 541 g/mol. The van der Waals surface area contributed by atoms with Gasteiger partial charge < -0.3 is 25.0 Å². The number of aliphatic imine (C=N–C) groups is 1. The molecular formula is C22H36IN7O. The summed E-state index contributed by atoms with van der Waals surface area (Å²) in [5, 5.41) is 11.0. The molecule has 0 saturated carbocycles. The standard InChI is InChI=1S/C22H35N7O.HI/c1-5-19-18(20(6-2)30-27-19)16-26-22(23-4)25-15-17-8-9-24-21(14-17)29-12-10-28(7-3)11-13-29;/h8-9,14H,5-7,10-13,15-16H2,1-4H3,(H2,23,25,26);1H. The molecule has 0 spiro atoms. The third-order valence-corrected chi connectivity index (χ3v) is 5.68. The fourth-order valence-electron chi connectivity index (χ4n) is 3.75. The van der Waals surface area contributed by atoms with Gasteiger partial charge in [-0.05, 0) is 30.7 Å². The number of likely N-dealkylation sites (N-methyl/N-ethyl adjacent to an activating group) is 1. The van der Waals surface area contributed by atoms with Crippen molar-refractivity contribution >= 4 is 35.8 Å². The molecule has 0 aromatic carbocycles. The van der Waals surface area contributed by atoms with Crippen molar-refractivity contribution in [1.82, 2.24) is 25.7 Å². The topological polar surface area (TPSA) is 81.8 Å². The van der Waals surface area contributed by atoms with Crippen LogP contribution < -0.4 is 15.5 Å². The second-order valence-electron chi connectivity index (χ2n) is 7.46. The lowest BCUT2D eigenvalue weighted by atomic mass is 10.1. The third-order valence-electron chi connectivity index (χ3n) is 5.68. The van der Waals surface area contributed by atoms with Gasteiger partial charge >= 0.3 is 0 Å². The predicted molar refractivity (Wildman–Crippen MR) is 136 cm³/mol. The third kappa shape index (κ3) is 6.80. The van der Waals surface area contributed by atoms with Gasteiger partial charge in [0.1, 0.15) is 11.6 Å². The summed E-state index contributed by atoms with van der Waals surface area (Å²) >= 11 is 0. The molecule has 2 N–H and O–H groups in total. The van der Waals surface area contributed by atoms with Crippen LogP contribution in [0, 0.1) is 0 Å². The van der Waals surface area contributed by atoms with E-state index >= 15 is 0 Å².